The second-order valence-electron chi connectivity index (χ2n) is 4.93. The lowest BCUT2D eigenvalue weighted by atomic mass is 10.1. The van der Waals surface area contributed by atoms with Gasteiger partial charge in [0.25, 0.3) is 0 Å². The Labute approximate surface area is 124 Å². The van der Waals surface area contributed by atoms with Gasteiger partial charge in [-0.15, -0.1) is 5.10 Å². The molecule has 0 fully saturated rings. The third kappa shape index (κ3) is 3.64. The van der Waals surface area contributed by atoms with Crippen LogP contribution in [-0.4, -0.2) is 25.9 Å². The normalized spacial score (nSPS) is 12.8. The summed E-state index contributed by atoms with van der Waals surface area (Å²) in [7, 11) is 2.00. The SMILES string of the molecule is CCCNC(CCc1ccnn1C)c1snnc1CC. The van der Waals surface area contributed by atoms with Crippen LogP contribution in [0.5, 0.6) is 0 Å². The second kappa shape index (κ2) is 7.50. The minimum absolute atomic E-state index is 0.347. The van der Waals surface area contributed by atoms with Crippen LogP contribution in [0.25, 0.3) is 0 Å². The zero-order chi connectivity index (χ0) is 14.4. The van der Waals surface area contributed by atoms with Gasteiger partial charge in [-0.1, -0.05) is 18.3 Å². The molecule has 2 aromatic heterocycles. The molecule has 0 amide bonds. The standard InChI is InChI=1S/C14H23N5S/c1-4-9-15-13(14-12(5-2)17-18-20-14)7-6-11-8-10-16-19(11)3/h8,10,13,15H,4-7,9H2,1-3H3. The van der Waals surface area contributed by atoms with Gasteiger partial charge in [0, 0.05) is 25.0 Å². The van der Waals surface area contributed by atoms with E-state index in [0.717, 1.165) is 37.9 Å². The molecule has 0 saturated carbocycles. The van der Waals surface area contributed by atoms with Gasteiger partial charge in [0.2, 0.25) is 0 Å². The minimum atomic E-state index is 0.347. The first-order valence-electron chi connectivity index (χ1n) is 7.27. The monoisotopic (exact) mass is 293 g/mol. The summed E-state index contributed by atoms with van der Waals surface area (Å²) in [4.78, 5) is 1.29. The number of aryl methyl sites for hydroxylation is 3. The van der Waals surface area contributed by atoms with Crippen LogP contribution >= 0.6 is 11.5 Å². The highest BCUT2D eigenvalue weighted by Crippen LogP contribution is 2.25. The van der Waals surface area contributed by atoms with E-state index in [9.17, 15) is 0 Å². The van der Waals surface area contributed by atoms with E-state index in [1.54, 1.807) is 0 Å². The highest BCUT2D eigenvalue weighted by Gasteiger charge is 2.18. The van der Waals surface area contributed by atoms with E-state index in [0.29, 0.717) is 6.04 Å². The largest absolute Gasteiger partial charge is 0.309 e. The zero-order valence-electron chi connectivity index (χ0n) is 12.5. The van der Waals surface area contributed by atoms with Crippen LogP contribution in [0.1, 0.15) is 49.0 Å². The summed E-state index contributed by atoms with van der Waals surface area (Å²) in [6, 6.07) is 2.43. The maximum Gasteiger partial charge on any atom is 0.0800 e. The molecule has 5 nitrogen and oxygen atoms in total. The van der Waals surface area contributed by atoms with Crippen LogP contribution in [-0.2, 0) is 19.9 Å². The fourth-order valence-corrected chi connectivity index (χ4v) is 3.15. The first-order chi connectivity index (χ1) is 9.76. The molecule has 6 heteroatoms. The van der Waals surface area contributed by atoms with E-state index in [-0.39, 0.29) is 0 Å². The first kappa shape index (κ1) is 15.1. The van der Waals surface area contributed by atoms with Crippen molar-refractivity contribution < 1.29 is 0 Å². The van der Waals surface area contributed by atoms with Gasteiger partial charge in [0.05, 0.1) is 10.6 Å². The predicted octanol–water partition coefficient (Wildman–Crippen LogP) is 2.51. The van der Waals surface area contributed by atoms with E-state index in [1.165, 1.54) is 22.1 Å². The molecule has 2 heterocycles. The molecule has 0 saturated heterocycles. The molecule has 2 rings (SSSR count). The molecular formula is C14H23N5S. The third-order valence-corrected chi connectivity index (χ3v) is 4.37. The molecule has 0 aliphatic rings. The molecule has 1 atom stereocenters. The van der Waals surface area contributed by atoms with Crippen LogP contribution in [0, 0.1) is 0 Å². The van der Waals surface area contributed by atoms with E-state index < -0.39 is 0 Å². The van der Waals surface area contributed by atoms with Gasteiger partial charge < -0.3 is 5.32 Å². The average Bonchev–Trinajstić information content (AvgIpc) is 3.08. The zero-order valence-corrected chi connectivity index (χ0v) is 13.3. The number of aromatic nitrogens is 4. The number of hydrogen-bond acceptors (Lipinski definition) is 5. The Morgan fingerprint density at radius 2 is 2.25 bits per heavy atom. The van der Waals surface area contributed by atoms with Gasteiger partial charge in [-0.2, -0.15) is 5.10 Å². The molecule has 2 aromatic rings. The summed E-state index contributed by atoms with van der Waals surface area (Å²) in [6.07, 6.45) is 6.00. The molecular weight excluding hydrogens is 270 g/mol. The smallest absolute Gasteiger partial charge is 0.0800 e. The van der Waals surface area contributed by atoms with Crippen molar-refractivity contribution in [2.75, 3.05) is 6.54 Å². The van der Waals surface area contributed by atoms with Crippen LogP contribution in [0.2, 0.25) is 0 Å². The highest BCUT2D eigenvalue weighted by molar-refractivity contribution is 7.05. The minimum Gasteiger partial charge on any atom is -0.309 e. The number of rotatable bonds is 8. The van der Waals surface area contributed by atoms with Gasteiger partial charge in [-0.05, 0) is 49.8 Å². The van der Waals surface area contributed by atoms with Gasteiger partial charge in [0.1, 0.15) is 0 Å². The molecule has 0 bridgehead atoms. The fourth-order valence-electron chi connectivity index (χ4n) is 2.31. The summed E-state index contributed by atoms with van der Waals surface area (Å²) in [5.41, 5.74) is 2.40. The Kier molecular flexibility index (Phi) is 5.67. The number of hydrogen-bond donors (Lipinski definition) is 1. The molecule has 0 aromatic carbocycles. The van der Waals surface area contributed by atoms with Crippen molar-refractivity contribution in [2.45, 2.75) is 45.6 Å². The maximum absolute atomic E-state index is 4.24. The molecule has 0 aliphatic heterocycles. The summed E-state index contributed by atoms with van der Waals surface area (Å²) < 4.78 is 6.07. The lowest BCUT2D eigenvalue weighted by Gasteiger charge is -2.17. The van der Waals surface area contributed by atoms with Gasteiger partial charge in [0.15, 0.2) is 0 Å². The number of nitrogens with zero attached hydrogens (tertiary/aromatic N) is 4. The molecule has 20 heavy (non-hydrogen) atoms. The van der Waals surface area contributed by atoms with Crippen molar-refractivity contribution in [1.29, 1.82) is 0 Å². The molecule has 0 spiro atoms. The summed E-state index contributed by atoms with van der Waals surface area (Å²) >= 11 is 1.53. The Morgan fingerprint density at radius 1 is 1.40 bits per heavy atom. The van der Waals surface area contributed by atoms with Crippen molar-refractivity contribution in [2.24, 2.45) is 7.05 Å². The van der Waals surface area contributed by atoms with Gasteiger partial charge >= 0.3 is 0 Å². The molecule has 110 valence electrons. The maximum atomic E-state index is 4.24. The Bertz CT molecular complexity index is 519. The topological polar surface area (TPSA) is 55.6 Å². The van der Waals surface area contributed by atoms with Crippen molar-refractivity contribution in [3.8, 4) is 0 Å². The quantitative estimate of drug-likeness (QED) is 0.812. The van der Waals surface area contributed by atoms with E-state index in [4.69, 9.17) is 0 Å². The molecule has 0 radical (unpaired) electrons. The molecule has 1 unspecified atom stereocenters. The second-order valence-corrected chi connectivity index (χ2v) is 5.71. The highest BCUT2D eigenvalue weighted by atomic mass is 32.1. The molecule has 1 N–H and O–H groups in total. The molecule has 0 aliphatic carbocycles. The Balaban J connectivity index is 2.05. The fraction of sp³-hybridized carbons (Fsp3) is 0.643. The average molecular weight is 293 g/mol. The first-order valence-corrected chi connectivity index (χ1v) is 8.05. The lowest BCUT2D eigenvalue weighted by molar-refractivity contribution is 0.494. The third-order valence-electron chi connectivity index (χ3n) is 3.49. The van der Waals surface area contributed by atoms with E-state index >= 15 is 0 Å². The lowest BCUT2D eigenvalue weighted by Crippen LogP contribution is -2.23. The van der Waals surface area contributed by atoms with Crippen LogP contribution in [0.3, 0.4) is 0 Å². The van der Waals surface area contributed by atoms with Crippen molar-refractivity contribution in [3.63, 3.8) is 0 Å². The van der Waals surface area contributed by atoms with E-state index in [1.807, 2.05) is 17.9 Å². The van der Waals surface area contributed by atoms with Crippen LogP contribution in [0.4, 0.5) is 0 Å². The van der Waals surface area contributed by atoms with Crippen LogP contribution in [0.15, 0.2) is 12.3 Å². The summed E-state index contributed by atoms with van der Waals surface area (Å²) in [5, 5.41) is 12.1. The van der Waals surface area contributed by atoms with Crippen LogP contribution < -0.4 is 5.32 Å². The van der Waals surface area contributed by atoms with Crippen molar-refractivity contribution in [1.82, 2.24) is 24.7 Å². The van der Waals surface area contributed by atoms with Crippen molar-refractivity contribution >= 4 is 11.5 Å². The summed E-state index contributed by atoms with van der Waals surface area (Å²) in [5.74, 6) is 0. The summed E-state index contributed by atoms with van der Waals surface area (Å²) in [6.45, 7) is 5.35. The Hall–Kier alpha value is -1.27. The van der Waals surface area contributed by atoms with Gasteiger partial charge in [-0.25, -0.2) is 0 Å². The van der Waals surface area contributed by atoms with Crippen molar-refractivity contribution in [3.05, 3.63) is 28.5 Å². The Morgan fingerprint density at radius 3 is 2.90 bits per heavy atom. The van der Waals surface area contributed by atoms with E-state index in [2.05, 4.69) is 39.9 Å². The number of nitrogens with one attached hydrogen (secondary N) is 1. The predicted molar refractivity (Wildman–Crippen MR) is 81.9 cm³/mol. The van der Waals surface area contributed by atoms with Gasteiger partial charge in [-0.3, -0.25) is 4.68 Å².